The Morgan fingerprint density at radius 3 is 1.68 bits per heavy atom. The molecule has 0 aliphatic carbocycles. The average molecular weight is 338 g/mol. The van der Waals surface area contributed by atoms with Gasteiger partial charge in [-0.25, -0.2) is 0 Å². The first kappa shape index (κ1) is 13.9. The summed E-state index contributed by atoms with van der Waals surface area (Å²) in [5, 5.41) is 31.7. The van der Waals surface area contributed by atoms with E-state index in [1.54, 1.807) is 0 Å². The second-order valence-electron chi connectivity index (χ2n) is 5.76. The lowest BCUT2D eigenvalue weighted by molar-refractivity contribution is 0.706. The van der Waals surface area contributed by atoms with Crippen LogP contribution in [0, 0.1) is 0 Å². The van der Waals surface area contributed by atoms with Gasteiger partial charge in [0.2, 0.25) is 0 Å². The Morgan fingerprint density at radius 1 is 0.640 bits per heavy atom. The van der Waals surface area contributed by atoms with Crippen LogP contribution in [0.4, 0.5) is 11.6 Å². The fraction of sp³-hybridized carbons (Fsp3) is 0.385. The Balaban J connectivity index is 1.37. The van der Waals surface area contributed by atoms with Crippen molar-refractivity contribution in [3.8, 4) is 0 Å². The zero-order valence-corrected chi connectivity index (χ0v) is 13.2. The quantitative estimate of drug-likeness (QED) is 0.453. The maximum atomic E-state index is 4.47. The number of tetrazole rings is 2. The molecule has 0 bridgehead atoms. The fourth-order valence-electron chi connectivity index (χ4n) is 2.99. The monoisotopic (exact) mass is 338 g/mol. The number of anilines is 2. The van der Waals surface area contributed by atoms with Gasteiger partial charge in [-0.05, 0) is 51.5 Å². The maximum Gasteiger partial charge on any atom is 0.200 e. The normalized spacial score (nSPS) is 15.8. The van der Waals surface area contributed by atoms with Gasteiger partial charge in [0.05, 0.1) is 0 Å². The third kappa shape index (κ3) is 2.47. The third-order valence-corrected chi connectivity index (χ3v) is 4.25. The minimum atomic E-state index is 0.638. The van der Waals surface area contributed by atoms with Crippen molar-refractivity contribution in [3.63, 3.8) is 0 Å². The Morgan fingerprint density at radius 2 is 1.16 bits per heavy atom. The molecule has 1 saturated heterocycles. The van der Waals surface area contributed by atoms with E-state index in [1.807, 2.05) is 24.3 Å². The largest absolute Gasteiger partial charge is 0.353 e. The molecule has 12 nitrogen and oxygen atoms in total. The predicted octanol–water partition coefficient (Wildman–Crippen LogP) is -0.931. The zero-order valence-electron chi connectivity index (χ0n) is 13.2. The van der Waals surface area contributed by atoms with Gasteiger partial charge >= 0.3 is 0 Å². The predicted molar refractivity (Wildman–Crippen MR) is 86.2 cm³/mol. The van der Waals surface area contributed by atoms with Gasteiger partial charge in [-0.1, -0.05) is 0 Å². The Bertz CT molecular complexity index is 940. The van der Waals surface area contributed by atoms with Crippen molar-refractivity contribution in [1.82, 2.24) is 50.5 Å². The van der Waals surface area contributed by atoms with E-state index in [0.717, 1.165) is 44.2 Å². The van der Waals surface area contributed by atoms with E-state index < -0.39 is 0 Å². The van der Waals surface area contributed by atoms with Crippen molar-refractivity contribution in [3.05, 3.63) is 24.3 Å². The molecule has 25 heavy (non-hydrogen) atoms. The summed E-state index contributed by atoms with van der Waals surface area (Å²) in [6.45, 7) is 3.47. The fourth-order valence-corrected chi connectivity index (χ4v) is 2.99. The summed E-state index contributed by atoms with van der Waals surface area (Å²) in [4.78, 5) is 4.47. The van der Waals surface area contributed by atoms with Gasteiger partial charge in [-0.15, -0.1) is 29.7 Å². The van der Waals surface area contributed by atoms with Gasteiger partial charge in [-0.3, -0.25) is 0 Å². The van der Waals surface area contributed by atoms with Crippen molar-refractivity contribution >= 4 is 22.9 Å². The Kier molecular flexibility index (Phi) is 3.11. The van der Waals surface area contributed by atoms with Crippen molar-refractivity contribution in [1.29, 1.82) is 0 Å². The highest BCUT2D eigenvalue weighted by Crippen LogP contribution is 2.17. The maximum absolute atomic E-state index is 4.47. The second kappa shape index (κ2) is 5.58. The van der Waals surface area contributed by atoms with Crippen LogP contribution in [0.1, 0.15) is 6.42 Å². The first-order valence-corrected chi connectivity index (χ1v) is 7.98. The highest BCUT2D eigenvalue weighted by molar-refractivity contribution is 5.47. The molecule has 12 heteroatoms. The molecule has 0 unspecified atom stereocenters. The molecule has 0 atom stereocenters. The molecule has 0 saturated carbocycles. The summed E-state index contributed by atoms with van der Waals surface area (Å²) >= 11 is 0. The number of hydrogen-bond acceptors (Lipinski definition) is 10. The highest BCUT2D eigenvalue weighted by Gasteiger charge is 2.18. The molecule has 4 aromatic rings. The summed E-state index contributed by atoms with van der Waals surface area (Å²) in [6.07, 6.45) is 0.991. The van der Waals surface area contributed by atoms with Gasteiger partial charge in [0.25, 0.3) is 0 Å². The van der Waals surface area contributed by atoms with Gasteiger partial charge < -0.3 is 9.80 Å². The van der Waals surface area contributed by atoms with Gasteiger partial charge in [0.15, 0.2) is 22.9 Å². The highest BCUT2D eigenvalue weighted by atomic mass is 15.6. The smallest absolute Gasteiger partial charge is 0.200 e. The Hall–Kier alpha value is -3.44. The van der Waals surface area contributed by atoms with Gasteiger partial charge in [-0.2, -0.15) is 0 Å². The summed E-state index contributed by atoms with van der Waals surface area (Å²) in [7, 11) is 0. The molecule has 4 aromatic heterocycles. The first-order valence-electron chi connectivity index (χ1n) is 7.98. The zero-order chi connectivity index (χ0) is 16.6. The van der Waals surface area contributed by atoms with Crippen molar-refractivity contribution in [2.75, 3.05) is 36.0 Å². The molecule has 1 fully saturated rings. The van der Waals surface area contributed by atoms with Crippen LogP contribution in [0.25, 0.3) is 11.3 Å². The van der Waals surface area contributed by atoms with E-state index in [0.29, 0.717) is 11.3 Å². The lowest BCUT2D eigenvalue weighted by Gasteiger charge is -2.22. The van der Waals surface area contributed by atoms with Crippen molar-refractivity contribution in [2.45, 2.75) is 6.42 Å². The van der Waals surface area contributed by atoms with Crippen LogP contribution in [0.2, 0.25) is 0 Å². The average Bonchev–Trinajstić information content (AvgIpc) is 3.23. The minimum Gasteiger partial charge on any atom is -0.353 e. The molecule has 5 rings (SSSR count). The van der Waals surface area contributed by atoms with Gasteiger partial charge in [0, 0.05) is 26.2 Å². The van der Waals surface area contributed by atoms with Crippen LogP contribution in [0.5, 0.6) is 0 Å². The lowest BCUT2D eigenvalue weighted by Crippen LogP contribution is -2.32. The molecule has 0 amide bonds. The molecule has 5 heterocycles. The number of fused-ring (bicyclic) bond motifs is 2. The first-order chi connectivity index (χ1) is 12.4. The van der Waals surface area contributed by atoms with Gasteiger partial charge in [0.1, 0.15) is 0 Å². The number of rotatable bonds is 2. The summed E-state index contributed by atoms with van der Waals surface area (Å²) in [6, 6.07) is 7.65. The number of aromatic nitrogens is 10. The van der Waals surface area contributed by atoms with Crippen molar-refractivity contribution < 1.29 is 0 Å². The van der Waals surface area contributed by atoms with E-state index in [2.05, 4.69) is 51.0 Å². The van der Waals surface area contributed by atoms with Crippen LogP contribution in [-0.4, -0.2) is 76.7 Å². The Labute approximate surface area is 141 Å². The standard InChI is InChI=1S/C13H14N12/c1-6-22(12-4-2-10-14-18-20-24(10)16-12)8-9-23(7-1)13-5-3-11-15-19-21-25(11)17-13/h2-5H,1,6-9H2. The topological polar surface area (TPSA) is 118 Å². The third-order valence-electron chi connectivity index (χ3n) is 4.25. The minimum absolute atomic E-state index is 0.638. The molecule has 0 N–H and O–H groups in total. The number of hydrogen-bond donors (Lipinski definition) is 0. The summed E-state index contributed by atoms with van der Waals surface area (Å²) < 4.78 is 2.90. The van der Waals surface area contributed by atoms with E-state index in [1.165, 1.54) is 9.26 Å². The van der Waals surface area contributed by atoms with Crippen LogP contribution >= 0.6 is 0 Å². The molecule has 1 aliphatic heterocycles. The summed E-state index contributed by atoms with van der Waals surface area (Å²) in [5.74, 6) is 1.73. The van der Waals surface area contributed by atoms with E-state index in [4.69, 9.17) is 0 Å². The molecule has 0 aromatic carbocycles. The van der Waals surface area contributed by atoms with E-state index in [-0.39, 0.29) is 0 Å². The van der Waals surface area contributed by atoms with Crippen LogP contribution in [0.15, 0.2) is 24.3 Å². The van der Waals surface area contributed by atoms with E-state index in [9.17, 15) is 0 Å². The SMILES string of the molecule is c1cc2nnnn2nc1N1CCCN(c2ccc3nnnn3n2)CC1. The lowest BCUT2D eigenvalue weighted by atomic mass is 10.3. The molecule has 126 valence electrons. The van der Waals surface area contributed by atoms with Crippen LogP contribution in [0.3, 0.4) is 0 Å². The van der Waals surface area contributed by atoms with E-state index >= 15 is 0 Å². The van der Waals surface area contributed by atoms with Crippen LogP contribution < -0.4 is 9.80 Å². The molecular formula is C13H14N12. The second-order valence-corrected chi connectivity index (χ2v) is 5.76. The van der Waals surface area contributed by atoms with Crippen LogP contribution in [-0.2, 0) is 0 Å². The molecule has 0 radical (unpaired) electrons. The molecule has 0 spiro atoms. The van der Waals surface area contributed by atoms with Crippen molar-refractivity contribution in [2.24, 2.45) is 0 Å². The number of nitrogens with zero attached hydrogens (tertiary/aromatic N) is 12. The molecule has 1 aliphatic rings. The summed E-state index contributed by atoms with van der Waals surface area (Å²) in [5.41, 5.74) is 1.28. The molecular weight excluding hydrogens is 324 g/mol.